The monoisotopic (exact) mass is 436 g/mol. The Morgan fingerprint density at radius 3 is 2.41 bits per heavy atom. The van der Waals surface area contributed by atoms with Crippen LogP contribution in [0.4, 0.5) is 0 Å². The molecule has 1 aromatic heterocycles. The van der Waals surface area contributed by atoms with E-state index in [1.807, 2.05) is 43.3 Å². The van der Waals surface area contributed by atoms with Crippen molar-refractivity contribution in [3.8, 4) is 17.2 Å². The lowest BCUT2D eigenvalue weighted by Crippen LogP contribution is -2.41. The molecule has 2 aromatic carbocycles. The average molecular weight is 436 g/mol. The topological polar surface area (TPSA) is 99.0 Å². The van der Waals surface area contributed by atoms with E-state index in [9.17, 15) is 9.59 Å². The van der Waals surface area contributed by atoms with Crippen LogP contribution in [0.5, 0.6) is 17.2 Å². The molecule has 0 spiro atoms. The van der Waals surface area contributed by atoms with E-state index in [1.54, 1.807) is 18.2 Å². The number of methoxy groups -OCH3 is 2. The van der Waals surface area contributed by atoms with Crippen LogP contribution in [0.2, 0.25) is 0 Å². The number of para-hydroxylation sites is 1. The Bertz CT molecular complexity index is 1100. The fourth-order valence-corrected chi connectivity index (χ4v) is 2.92. The SMILES string of the molecule is CC=Cc1cc(C(=O)NNC(=O)c2ccc(COc3ccccc3)o2)cc(OC)c1OC. The summed E-state index contributed by atoms with van der Waals surface area (Å²) in [4.78, 5) is 24.9. The van der Waals surface area contributed by atoms with Crippen LogP contribution in [0.3, 0.4) is 0 Å². The van der Waals surface area contributed by atoms with Crippen LogP contribution in [0.1, 0.15) is 39.2 Å². The summed E-state index contributed by atoms with van der Waals surface area (Å²) in [7, 11) is 3.00. The molecule has 0 saturated heterocycles. The first kappa shape index (κ1) is 22.5. The van der Waals surface area contributed by atoms with E-state index in [-0.39, 0.29) is 17.9 Å². The maximum Gasteiger partial charge on any atom is 0.305 e. The quantitative estimate of drug-likeness (QED) is 0.518. The van der Waals surface area contributed by atoms with Crippen LogP contribution in [-0.4, -0.2) is 26.0 Å². The van der Waals surface area contributed by atoms with Gasteiger partial charge in [0.15, 0.2) is 17.3 Å². The number of hydrogen-bond donors (Lipinski definition) is 2. The van der Waals surface area contributed by atoms with Crippen LogP contribution in [0.25, 0.3) is 6.08 Å². The minimum absolute atomic E-state index is 0.0406. The molecule has 0 atom stereocenters. The predicted molar refractivity (Wildman–Crippen MR) is 119 cm³/mol. The average Bonchev–Trinajstić information content (AvgIpc) is 3.30. The summed E-state index contributed by atoms with van der Waals surface area (Å²) in [5.74, 6) is 0.984. The standard InChI is InChI=1S/C24H24N2O6/c1-4-8-16-13-17(14-21(29-2)22(16)30-3)23(27)25-26-24(28)20-12-11-19(32-20)15-31-18-9-6-5-7-10-18/h4-14H,15H2,1-3H3,(H,25,27)(H,26,28). The van der Waals surface area contributed by atoms with Gasteiger partial charge < -0.3 is 18.6 Å². The molecule has 2 N–H and O–H groups in total. The fraction of sp³-hybridized carbons (Fsp3) is 0.167. The molecule has 1 heterocycles. The normalized spacial score (nSPS) is 10.6. The van der Waals surface area contributed by atoms with Crippen LogP contribution >= 0.6 is 0 Å². The van der Waals surface area contributed by atoms with Gasteiger partial charge in [0.2, 0.25) is 0 Å². The van der Waals surface area contributed by atoms with Crippen molar-refractivity contribution in [3.63, 3.8) is 0 Å². The predicted octanol–water partition coefficient (Wildman–Crippen LogP) is 3.98. The van der Waals surface area contributed by atoms with E-state index in [2.05, 4.69) is 10.9 Å². The lowest BCUT2D eigenvalue weighted by atomic mass is 10.1. The highest BCUT2D eigenvalue weighted by Crippen LogP contribution is 2.33. The molecule has 3 aromatic rings. The molecule has 2 amide bonds. The number of hydrazine groups is 1. The Morgan fingerprint density at radius 2 is 1.72 bits per heavy atom. The van der Waals surface area contributed by atoms with Crippen molar-refractivity contribution in [2.45, 2.75) is 13.5 Å². The van der Waals surface area contributed by atoms with Crippen molar-refractivity contribution in [1.82, 2.24) is 10.9 Å². The van der Waals surface area contributed by atoms with Crippen molar-refractivity contribution in [3.05, 3.63) is 83.3 Å². The van der Waals surface area contributed by atoms with E-state index in [0.717, 1.165) is 0 Å². The molecule has 0 saturated carbocycles. The summed E-state index contributed by atoms with van der Waals surface area (Å²) in [5, 5.41) is 0. The highest BCUT2D eigenvalue weighted by Gasteiger charge is 2.17. The molecule has 0 unspecified atom stereocenters. The van der Waals surface area contributed by atoms with E-state index in [1.165, 1.54) is 26.4 Å². The first-order valence-corrected chi connectivity index (χ1v) is 9.81. The molecule has 0 aliphatic heterocycles. The molecule has 166 valence electrons. The molecule has 32 heavy (non-hydrogen) atoms. The van der Waals surface area contributed by atoms with Gasteiger partial charge in [-0.05, 0) is 43.3 Å². The van der Waals surface area contributed by atoms with Gasteiger partial charge >= 0.3 is 5.91 Å². The van der Waals surface area contributed by atoms with Gasteiger partial charge in [0.05, 0.1) is 14.2 Å². The molecular weight excluding hydrogens is 412 g/mol. The lowest BCUT2D eigenvalue weighted by molar-refractivity contribution is 0.0828. The van der Waals surface area contributed by atoms with E-state index in [4.69, 9.17) is 18.6 Å². The molecular formula is C24H24N2O6. The number of amides is 2. The van der Waals surface area contributed by atoms with Gasteiger partial charge in [-0.2, -0.15) is 0 Å². The highest BCUT2D eigenvalue weighted by molar-refractivity contribution is 5.99. The second-order valence-electron chi connectivity index (χ2n) is 6.58. The Kier molecular flexibility index (Phi) is 7.53. The third-order valence-corrected chi connectivity index (χ3v) is 4.42. The Balaban J connectivity index is 1.62. The van der Waals surface area contributed by atoms with Crippen molar-refractivity contribution in [2.24, 2.45) is 0 Å². The molecule has 0 bridgehead atoms. The van der Waals surface area contributed by atoms with Crippen molar-refractivity contribution in [1.29, 1.82) is 0 Å². The van der Waals surface area contributed by atoms with Gasteiger partial charge in [0.1, 0.15) is 18.1 Å². The molecule has 8 nitrogen and oxygen atoms in total. The van der Waals surface area contributed by atoms with Crippen LogP contribution in [0, 0.1) is 0 Å². The first-order chi connectivity index (χ1) is 15.5. The van der Waals surface area contributed by atoms with E-state index >= 15 is 0 Å². The maximum absolute atomic E-state index is 12.6. The van der Waals surface area contributed by atoms with Crippen molar-refractivity contribution >= 4 is 17.9 Å². The summed E-state index contributed by atoms with van der Waals surface area (Å²) in [6.45, 7) is 2.02. The molecule has 0 aliphatic rings. The minimum Gasteiger partial charge on any atom is -0.493 e. The largest absolute Gasteiger partial charge is 0.493 e. The molecule has 3 rings (SSSR count). The number of carbonyl (C=O) groups is 2. The first-order valence-electron chi connectivity index (χ1n) is 9.81. The van der Waals surface area contributed by atoms with Crippen LogP contribution in [-0.2, 0) is 6.61 Å². The summed E-state index contributed by atoms with van der Waals surface area (Å²) in [5.41, 5.74) is 5.66. The molecule has 0 radical (unpaired) electrons. The highest BCUT2D eigenvalue weighted by atomic mass is 16.5. The number of hydrogen-bond acceptors (Lipinski definition) is 6. The van der Waals surface area contributed by atoms with Crippen LogP contribution in [0.15, 0.2) is 65.1 Å². The third kappa shape index (κ3) is 5.48. The molecule has 0 fully saturated rings. The number of ether oxygens (including phenoxy) is 3. The third-order valence-electron chi connectivity index (χ3n) is 4.42. The second kappa shape index (κ2) is 10.7. The Labute approximate surface area is 185 Å². The molecule has 0 aliphatic carbocycles. The zero-order valence-corrected chi connectivity index (χ0v) is 18.0. The van der Waals surface area contributed by atoms with Crippen LogP contribution < -0.4 is 25.1 Å². The van der Waals surface area contributed by atoms with Gasteiger partial charge in [-0.1, -0.05) is 30.4 Å². The Morgan fingerprint density at radius 1 is 0.969 bits per heavy atom. The number of carbonyl (C=O) groups excluding carboxylic acids is 2. The van der Waals surface area contributed by atoms with Gasteiger partial charge in [0, 0.05) is 11.1 Å². The summed E-state index contributed by atoms with van der Waals surface area (Å²) >= 11 is 0. The van der Waals surface area contributed by atoms with Gasteiger partial charge in [0.25, 0.3) is 5.91 Å². The molecule has 8 heteroatoms. The minimum atomic E-state index is -0.599. The van der Waals surface area contributed by atoms with Crippen molar-refractivity contribution < 1.29 is 28.2 Å². The zero-order valence-electron chi connectivity index (χ0n) is 18.0. The van der Waals surface area contributed by atoms with E-state index in [0.29, 0.717) is 28.6 Å². The van der Waals surface area contributed by atoms with Gasteiger partial charge in [-0.3, -0.25) is 20.4 Å². The summed E-state index contributed by atoms with van der Waals surface area (Å²) < 4.78 is 21.8. The number of benzene rings is 2. The summed E-state index contributed by atoms with van der Waals surface area (Å²) in [6, 6.07) is 15.6. The van der Waals surface area contributed by atoms with Crippen molar-refractivity contribution in [2.75, 3.05) is 14.2 Å². The zero-order chi connectivity index (χ0) is 22.9. The number of allylic oxidation sites excluding steroid dienone is 1. The smallest absolute Gasteiger partial charge is 0.305 e. The lowest BCUT2D eigenvalue weighted by Gasteiger charge is -2.13. The number of nitrogens with one attached hydrogen (secondary N) is 2. The fourth-order valence-electron chi connectivity index (χ4n) is 2.92. The Hall–Kier alpha value is -4.20. The van der Waals surface area contributed by atoms with E-state index < -0.39 is 11.8 Å². The maximum atomic E-state index is 12.6. The van der Waals surface area contributed by atoms with Gasteiger partial charge in [-0.25, -0.2) is 0 Å². The number of rotatable bonds is 8. The van der Waals surface area contributed by atoms with Gasteiger partial charge in [-0.15, -0.1) is 0 Å². The number of furan rings is 1. The summed E-state index contributed by atoms with van der Waals surface area (Å²) in [6.07, 6.45) is 3.61. The second-order valence-corrected chi connectivity index (χ2v) is 6.58.